The fraction of sp³-hybridized carbons (Fsp3) is 0.480. The molecule has 0 bridgehead atoms. The number of halogens is 1. The molecule has 1 saturated heterocycles. The predicted molar refractivity (Wildman–Crippen MR) is 126 cm³/mol. The second-order valence-corrected chi connectivity index (χ2v) is 10.9. The zero-order valence-electron chi connectivity index (χ0n) is 19.5. The normalized spacial score (nSPS) is 18.2. The number of hydrogen-bond acceptors (Lipinski definition) is 4. The Morgan fingerprint density at radius 1 is 1.12 bits per heavy atom. The molecule has 0 aliphatic carbocycles. The van der Waals surface area contributed by atoms with Crippen molar-refractivity contribution >= 4 is 15.9 Å². The van der Waals surface area contributed by atoms with Crippen LogP contribution in [0.3, 0.4) is 0 Å². The summed E-state index contributed by atoms with van der Waals surface area (Å²) in [6, 6.07) is 12.7. The minimum Gasteiger partial charge on any atom is -0.491 e. The van der Waals surface area contributed by atoms with Crippen molar-refractivity contribution in [3.8, 4) is 5.75 Å². The van der Waals surface area contributed by atoms with E-state index in [9.17, 15) is 17.6 Å². The van der Waals surface area contributed by atoms with E-state index in [1.54, 1.807) is 0 Å². The average molecular weight is 477 g/mol. The molecule has 1 amide bonds. The molecule has 180 valence electrons. The quantitative estimate of drug-likeness (QED) is 0.590. The lowest BCUT2D eigenvalue weighted by Gasteiger charge is -2.32. The molecular formula is C25H33FN2O4S. The molecule has 1 fully saturated rings. The third-order valence-corrected chi connectivity index (χ3v) is 7.64. The van der Waals surface area contributed by atoms with Crippen LogP contribution < -0.4 is 10.1 Å². The molecule has 1 aliphatic heterocycles. The van der Waals surface area contributed by atoms with E-state index in [-0.39, 0.29) is 29.5 Å². The van der Waals surface area contributed by atoms with Crippen LogP contribution >= 0.6 is 0 Å². The highest BCUT2D eigenvalue weighted by Crippen LogP contribution is 2.24. The van der Waals surface area contributed by atoms with E-state index in [0.29, 0.717) is 19.4 Å². The summed E-state index contributed by atoms with van der Waals surface area (Å²) < 4.78 is 46.0. The predicted octanol–water partition coefficient (Wildman–Crippen LogP) is 4.15. The van der Waals surface area contributed by atoms with Gasteiger partial charge in [0.2, 0.25) is 15.9 Å². The first-order valence-electron chi connectivity index (χ1n) is 11.5. The number of nitrogens with one attached hydrogen (secondary N) is 1. The maximum absolute atomic E-state index is 13.2. The summed E-state index contributed by atoms with van der Waals surface area (Å²) in [5, 5.41) is 3.04. The number of amides is 1. The summed E-state index contributed by atoms with van der Waals surface area (Å²) in [7, 11) is -3.75. The van der Waals surface area contributed by atoms with Crippen LogP contribution in [0.1, 0.15) is 45.6 Å². The lowest BCUT2D eigenvalue weighted by molar-refractivity contribution is -0.126. The third-order valence-electron chi connectivity index (χ3n) is 5.76. The van der Waals surface area contributed by atoms with E-state index in [4.69, 9.17) is 4.74 Å². The minimum absolute atomic E-state index is 0.0341. The van der Waals surface area contributed by atoms with Gasteiger partial charge >= 0.3 is 0 Å². The fourth-order valence-corrected chi connectivity index (χ4v) is 5.48. The number of carbonyl (C=O) groups excluding carboxylic acids is 1. The van der Waals surface area contributed by atoms with E-state index in [1.165, 1.54) is 22.0 Å². The van der Waals surface area contributed by atoms with Crippen LogP contribution in [-0.4, -0.2) is 43.9 Å². The highest BCUT2D eigenvalue weighted by atomic mass is 32.2. The van der Waals surface area contributed by atoms with Crippen LogP contribution in [0.2, 0.25) is 0 Å². The third kappa shape index (κ3) is 7.01. The molecular weight excluding hydrogens is 443 g/mol. The highest BCUT2D eigenvalue weighted by molar-refractivity contribution is 7.89. The molecule has 0 spiro atoms. The Bertz CT molecular complexity index is 1020. The first-order chi connectivity index (χ1) is 15.6. The first-order valence-corrected chi connectivity index (χ1v) is 12.9. The van der Waals surface area contributed by atoms with E-state index in [1.807, 2.05) is 45.0 Å². The molecule has 33 heavy (non-hydrogen) atoms. The molecule has 3 rings (SSSR count). The Labute approximate surface area is 196 Å². The second kappa shape index (κ2) is 11.1. The maximum atomic E-state index is 13.2. The lowest BCUT2D eigenvalue weighted by Crippen LogP contribution is -2.47. The molecule has 2 aromatic carbocycles. The van der Waals surface area contributed by atoms with Crippen LogP contribution in [0.4, 0.5) is 4.39 Å². The van der Waals surface area contributed by atoms with E-state index in [0.717, 1.165) is 30.7 Å². The second-order valence-electron chi connectivity index (χ2n) is 8.91. The van der Waals surface area contributed by atoms with Gasteiger partial charge in [-0.25, -0.2) is 12.8 Å². The van der Waals surface area contributed by atoms with Gasteiger partial charge < -0.3 is 10.1 Å². The van der Waals surface area contributed by atoms with Crippen molar-refractivity contribution in [3.63, 3.8) is 0 Å². The molecule has 1 aliphatic rings. The van der Waals surface area contributed by atoms with Gasteiger partial charge in [-0.2, -0.15) is 4.31 Å². The number of carbonyl (C=O) groups is 1. The fourth-order valence-electron chi connectivity index (χ4n) is 3.95. The SMILES string of the molecule is CC(CCc1ccc(OC(C)C)cc1)NC(=O)C1CCCN(S(=O)(=O)c2ccc(F)cc2)C1. The molecule has 1 N–H and O–H groups in total. The van der Waals surface area contributed by atoms with Crippen LogP contribution in [-0.2, 0) is 21.2 Å². The summed E-state index contributed by atoms with van der Waals surface area (Å²) in [6.45, 7) is 6.43. The van der Waals surface area contributed by atoms with E-state index >= 15 is 0 Å². The number of sulfonamides is 1. The smallest absolute Gasteiger partial charge is 0.243 e. The Balaban J connectivity index is 1.51. The van der Waals surface area contributed by atoms with Gasteiger partial charge in [-0.3, -0.25) is 4.79 Å². The topological polar surface area (TPSA) is 75.7 Å². The van der Waals surface area contributed by atoms with E-state index < -0.39 is 21.8 Å². The molecule has 1 heterocycles. The number of ether oxygens (including phenoxy) is 1. The number of piperidine rings is 1. The Kier molecular flexibility index (Phi) is 8.48. The molecule has 0 saturated carbocycles. The molecule has 2 atom stereocenters. The van der Waals surface area contributed by atoms with Gasteiger partial charge in [0.05, 0.1) is 16.9 Å². The number of rotatable bonds is 9. The van der Waals surface area contributed by atoms with Gasteiger partial charge in [0.25, 0.3) is 0 Å². The van der Waals surface area contributed by atoms with Crippen molar-refractivity contribution in [2.75, 3.05) is 13.1 Å². The van der Waals surface area contributed by atoms with Gasteiger partial charge in [-0.15, -0.1) is 0 Å². The van der Waals surface area contributed by atoms with Crippen molar-refractivity contribution in [2.45, 2.75) is 63.5 Å². The highest BCUT2D eigenvalue weighted by Gasteiger charge is 2.33. The summed E-state index contributed by atoms with van der Waals surface area (Å²) >= 11 is 0. The maximum Gasteiger partial charge on any atom is 0.243 e. The molecule has 0 radical (unpaired) electrons. The van der Waals surface area contributed by atoms with Crippen molar-refractivity contribution in [1.29, 1.82) is 0 Å². The zero-order valence-corrected chi connectivity index (χ0v) is 20.3. The summed E-state index contributed by atoms with van der Waals surface area (Å²) in [5.41, 5.74) is 1.17. The number of hydrogen-bond donors (Lipinski definition) is 1. The van der Waals surface area contributed by atoms with Crippen LogP contribution in [0.5, 0.6) is 5.75 Å². The van der Waals surface area contributed by atoms with E-state index in [2.05, 4.69) is 5.32 Å². The molecule has 8 heteroatoms. The van der Waals surface area contributed by atoms with Gasteiger partial charge in [0.15, 0.2) is 0 Å². The van der Waals surface area contributed by atoms with Crippen LogP contribution in [0, 0.1) is 11.7 Å². The molecule has 0 aromatic heterocycles. The largest absolute Gasteiger partial charge is 0.491 e. The summed E-state index contributed by atoms with van der Waals surface area (Å²) in [5.74, 6) is -0.169. The first kappa shape index (κ1) is 25.2. The monoisotopic (exact) mass is 476 g/mol. The lowest BCUT2D eigenvalue weighted by atomic mass is 9.98. The van der Waals surface area contributed by atoms with Crippen molar-refractivity contribution < 1.29 is 22.3 Å². The molecule has 2 aromatic rings. The Morgan fingerprint density at radius 3 is 2.42 bits per heavy atom. The van der Waals surface area contributed by atoms with Crippen molar-refractivity contribution in [1.82, 2.24) is 9.62 Å². The number of nitrogens with zero attached hydrogens (tertiary/aromatic N) is 1. The van der Waals surface area contributed by atoms with Crippen molar-refractivity contribution in [2.24, 2.45) is 5.92 Å². The molecule has 6 nitrogen and oxygen atoms in total. The van der Waals surface area contributed by atoms with Gasteiger partial charge in [-0.1, -0.05) is 12.1 Å². The zero-order chi connectivity index (χ0) is 24.0. The summed E-state index contributed by atoms with van der Waals surface area (Å²) in [6.07, 6.45) is 2.98. The Morgan fingerprint density at radius 2 is 1.79 bits per heavy atom. The average Bonchev–Trinajstić information content (AvgIpc) is 2.78. The van der Waals surface area contributed by atoms with Crippen molar-refractivity contribution in [3.05, 3.63) is 59.9 Å². The van der Waals surface area contributed by atoms with Gasteiger partial charge in [0, 0.05) is 19.1 Å². The standard InChI is InChI=1S/C25H33FN2O4S/c1-18(2)32-23-12-8-20(9-13-23)7-6-19(3)27-25(29)21-5-4-16-28(17-21)33(30,31)24-14-10-22(26)11-15-24/h8-15,18-19,21H,4-7,16-17H2,1-3H3,(H,27,29). The van der Waals surface area contributed by atoms with Crippen LogP contribution in [0.15, 0.2) is 53.4 Å². The van der Waals surface area contributed by atoms with Crippen LogP contribution in [0.25, 0.3) is 0 Å². The number of aryl methyl sites for hydroxylation is 1. The molecule has 2 unspecified atom stereocenters. The van der Waals surface area contributed by atoms with Gasteiger partial charge in [0.1, 0.15) is 11.6 Å². The minimum atomic E-state index is -3.75. The van der Waals surface area contributed by atoms with Gasteiger partial charge in [-0.05, 0) is 88.4 Å². The Hall–Kier alpha value is -2.45. The summed E-state index contributed by atoms with van der Waals surface area (Å²) in [4.78, 5) is 12.9. The number of benzene rings is 2.